The summed E-state index contributed by atoms with van der Waals surface area (Å²) < 4.78 is 11.1. The normalized spacial score (nSPS) is 26.9. The van der Waals surface area contributed by atoms with Crippen LogP contribution in [0.2, 0.25) is 0 Å². The van der Waals surface area contributed by atoms with Gasteiger partial charge in [-0.25, -0.2) is 4.98 Å². The van der Waals surface area contributed by atoms with Crippen molar-refractivity contribution in [2.45, 2.75) is 25.8 Å². The van der Waals surface area contributed by atoms with Crippen molar-refractivity contribution in [3.63, 3.8) is 0 Å². The van der Waals surface area contributed by atoms with Gasteiger partial charge in [-0.2, -0.15) is 11.3 Å². The van der Waals surface area contributed by atoms with E-state index in [-0.39, 0.29) is 6.79 Å². The predicted molar refractivity (Wildman–Crippen MR) is 119 cm³/mol. The summed E-state index contributed by atoms with van der Waals surface area (Å²) >= 11 is 1.71. The molecule has 4 aliphatic rings. The maximum absolute atomic E-state index is 5.58. The molecule has 2 fully saturated rings. The molecular formula is C25H24N2O2S. The molecule has 0 unspecified atom stereocenters. The van der Waals surface area contributed by atoms with Crippen LogP contribution in [0.25, 0.3) is 22.2 Å². The number of nitrogens with one attached hydrogen (secondary N) is 1. The van der Waals surface area contributed by atoms with E-state index in [1.54, 1.807) is 11.3 Å². The second kappa shape index (κ2) is 6.32. The van der Waals surface area contributed by atoms with E-state index < -0.39 is 0 Å². The zero-order valence-corrected chi connectivity index (χ0v) is 17.6. The molecule has 3 atom stereocenters. The van der Waals surface area contributed by atoms with Crippen molar-refractivity contribution in [1.82, 2.24) is 10.3 Å². The number of nitrogens with zero attached hydrogens (tertiary/aromatic N) is 1. The molecule has 7 rings (SSSR count). The first-order valence-electron chi connectivity index (χ1n) is 11.0. The van der Waals surface area contributed by atoms with Gasteiger partial charge in [0.1, 0.15) is 0 Å². The molecule has 1 aliphatic heterocycles. The maximum atomic E-state index is 5.58. The highest BCUT2D eigenvalue weighted by molar-refractivity contribution is 7.08. The lowest BCUT2D eigenvalue weighted by Gasteiger charge is -2.21. The monoisotopic (exact) mass is 416 g/mol. The number of fused-ring (bicyclic) bond motifs is 2. The van der Waals surface area contributed by atoms with Crippen molar-refractivity contribution in [1.29, 1.82) is 0 Å². The molecular weight excluding hydrogens is 392 g/mol. The average molecular weight is 417 g/mol. The van der Waals surface area contributed by atoms with Gasteiger partial charge >= 0.3 is 0 Å². The highest BCUT2D eigenvalue weighted by Crippen LogP contribution is 2.69. The molecule has 30 heavy (non-hydrogen) atoms. The van der Waals surface area contributed by atoms with E-state index >= 15 is 0 Å². The number of aromatic nitrogens is 1. The Bertz CT molecular complexity index is 1170. The highest BCUT2D eigenvalue weighted by Gasteiger charge is 2.62. The summed E-state index contributed by atoms with van der Waals surface area (Å²) in [6.45, 7) is 2.22. The second-order valence-electron chi connectivity index (χ2n) is 9.28. The molecule has 5 heteroatoms. The Balaban J connectivity index is 1.18. The topological polar surface area (TPSA) is 43.4 Å². The molecule has 3 heterocycles. The van der Waals surface area contributed by atoms with Crippen molar-refractivity contribution in [3.8, 4) is 22.8 Å². The first-order valence-corrected chi connectivity index (χ1v) is 11.9. The molecule has 2 aromatic heterocycles. The van der Waals surface area contributed by atoms with Gasteiger partial charge in [0.2, 0.25) is 6.79 Å². The number of allylic oxidation sites excluding steroid dienone is 2. The lowest BCUT2D eigenvalue weighted by Crippen LogP contribution is -2.26. The molecule has 0 saturated heterocycles. The van der Waals surface area contributed by atoms with Gasteiger partial charge in [-0.3, -0.25) is 0 Å². The number of rotatable bonds is 5. The third kappa shape index (κ3) is 2.51. The molecule has 3 aliphatic carbocycles. The first-order chi connectivity index (χ1) is 14.8. The SMILES string of the molecule is C1=C[C@H]2[C@H](CNCc3cc4cc5c(cc4nc3-c3ccsc3)OCO5)C[C@@H]1C21CC1. The van der Waals surface area contributed by atoms with Crippen LogP contribution < -0.4 is 14.8 Å². The molecule has 2 bridgehead atoms. The molecule has 0 radical (unpaired) electrons. The van der Waals surface area contributed by atoms with Gasteiger partial charge in [-0.1, -0.05) is 12.2 Å². The van der Waals surface area contributed by atoms with Crippen LogP contribution in [-0.2, 0) is 6.54 Å². The quantitative estimate of drug-likeness (QED) is 0.567. The standard InChI is InChI=1S/C25H24N2O2S/c1-2-20-17(8-19(1)25(20)4-5-25)11-26-12-18-7-16-9-22-23(29-14-28-22)10-21(16)27-24(18)15-3-6-30-13-15/h1-3,6-7,9-10,13,17,19-20,26H,4-5,8,11-12,14H2/t17-,19+,20-/m0/s1. The van der Waals surface area contributed by atoms with Crippen LogP contribution in [0, 0.1) is 23.2 Å². The third-order valence-electron chi connectivity index (χ3n) is 7.75. The molecule has 2 saturated carbocycles. The van der Waals surface area contributed by atoms with Gasteiger partial charge < -0.3 is 14.8 Å². The van der Waals surface area contributed by atoms with E-state index in [0.717, 1.165) is 58.9 Å². The number of hydrogen-bond donors (Lipinski definition) is 1. The Morgan fingerprint density at radius 3 is 2.83 bits per heavy atom. The van der Waals surface area contributed by atoms with Gasteiger partial charge in [0.25, 0.3) is 0 Å². The summed E-state index contributed by atoms with van der Waals surface area (Å²) in [6.07, 6.45) is 9.27. The van der Waals surface area contributed by atoms with Crippen molar-refractivity contribution >= 4 is 22.2 Å². The minimum atomic E-state index is 0.289. The van der Waals surface area contributed by atoms with Crippen LogP contribution in [0.1, 0.15) is 24.8 Å². The predicted octanol–water partition coefficient (Wildman–Crippen LogP) is 5.38. The Morgan fingerprint density at radius 2 is 2.03 bits per heavy atom. The van der Waals surface area contributed by atoms with Crippen LogP contribution >= 0.6 is 11.3 Å². The van der Waals surface area contributed by atoms with E-state index in [2.05, 4.69) is 46.4 Å². The van der Waals surface area contributed by atoms with Crippen LogP contribution in [0.5, 0.6) is 11.5 Å². The minimum Gasteiger partial charge on any atom is -0.454 e. The lowest BCUT2D eigenvalue weighted by molar-refractivity contribution is 0.174. The summed E-state index contributed by atoms with van der Waals surface area (Å²) in [5.74, 6) is 4.04. The Hall–Kier alpha value is -2.37. The zero-order chi connectivity index (χ0) is 19.7. The van der Waals surface area contributed by atoms with Crippen molar-refractivity contribution in [2.75, 3.05) is 13.3 Å². The largest absolute Gasteiger partial charge is 0.454 e. The molecule has 3 aromatic rings. The number of benzene rings is 1. The van der Waals surface area contributed by atoms with Crippen LogP contribution in [-0.4, -0.2) is 18.3 Å². The number of thiophene rings is 1. The summed E-state index contributed by atoms with van der Waals surface area (Å²) in [5, 5.41) is 9.20. The molecule has 0 amide bonds. The summed E-state index contributed by atoms with van der Waals surface area (Å²) in [4.78, 5) is 5.04. The Kier molecular flexibility index (Phi) is 3.65. The molecule has 4 nitrogen and oxygen atoms in total. The van der Waals surface area contributed by atoms with E-state index in [9.17, 15) is 0 Å². The van der Waals surface area contributed by atoms with E-state index in [4.69, 9.17) is 14.5 Å². The van der Waals surface area contributed by atoms with E-state index in [1.807, 2.05) is 6.07 Å². The lowest BCUT2D eigenvalue weighted by atomic mass is 9.89. The smallest absolute Gasteiger partial charge is 0.231 e. The zero-order valence-electron chi connectivity index (χ0n) is 16.8. The molecule has 1 aromatic carbocycles. The van der Waals surface area contributed by atoms with Crippen LogP contribution in [0.15, 0.2) is 47.2 Å². The van der Waals surface area contributed by atoms with Crippen LogP contribution in [0.4, 0.5) is 0 Å². The Labute approximate surface area is 179 Å². The third-order valence-corrected chi connectivity index (χ3v) is 8.43. The fourth-order valence-corrected chi connectivity index (χ4v) is 6.78. The van der Waals surface area contributed by atoms with Gasteiger partial charge in [0.15, 0.2) is 11.5 Å². The highest BCUT2D eigenvalue weighted by atomic mass is 32.1. The minimum absolute atomic E-state index is 0.289. The van der Waals surface area contributed by atoms with Crippen molar-refractivity contribution in [3.05, 3.63) is 52.7 Å². The number of ether oxygens (including phenoxy) is 2. The molecule has 1 spiro atoms. The van der Waals surface area contributed by atoms with Crippen LogP contribution in [0.3, 0.4) is 0 Å². The molecule has 1 N–H and O–H groups in total. The van der Waals surface area contributed by atoms with E-state index in [1.165, 1.54) is 30.4 Å². The number of pyridine rings is 1. The van der Waals surface area contributed by atoms with E-state index in [0.29, 0.717) is 5.41 Å². The summed E-state index contributed by atoms with van der Waals surface area (Å²) in [7, 11) is 0. The first kappa shape index (κ1) is 17.3. The van der Waals surface area contributed by atoms with Gasteiger partial charge in [-0.15, -0.1) is 0 Å². The maximum Gasteiger partial charge on any atom is 0.231 e. The van der Waals surface area contributed by atoms with Gasteiger partial charge in [-0.05, 0) is 78.1 Å². The molecule has 152 valence electrons. The summed E-state index contributed by atoms with van der Waals surface area (Å²) in [6, 6.07) is 8.49. The Morgan fingerprint density at radius 1 is 1.13 bits per heavy atom. The van der Waals surface area contributed by atoms with Gasteiger partial charge in [0, 0.05) is 28.9 Å². The van der Waals surface area contributed by atoms with Gasteiger partial charge in [0.05, 0.1) is 11.2 Å². The average Bonchev–Trinajstić information content (AvgIpc) is 3.10. The van der Waals surface area contributed by atoms with Crippen molar-refractivity contribution < 1.29 is 9.47 Å². The fraction of sp³-hybridized carbons (Fsp3) is 0.400. The fourth-order valence-electron chi connectivity index (χ4n) is 6.14. The summed E-state index contributed by atoms with van der Waals surface area (Å²) in [5.41, 5.74) is 5.14. The number of hydrogen-bond acceptors (Lipinski definition) is 5. The van der Waals surface area contributed by atoms with Crippen molar-refractivity contribution in [2.24, 2.45) is 23.2 Å². The second-order valence-corrected chi connectivity index (χ2v) is 10.1.